The fraction of sp³-hybridized carbons (Fsp3) is 0.381. The summed E-state index contributed by atoms with van der Waals surface area (Å²) < 4.78 is 16.8. The Balaban J connectivity index is 1.87. The molecule has 5 nitrogen and oxygen atoms in total. The lowest BCUT2D eigenvalue weighted by Gasteiger charge is -2.23. The van der Waals surface area contributed by atoms with Gasteiger partial charge < -0.3 is 19.4 Å². The molecule has 0 atom stereocenters. The van der Waals surface area contributed by atoms with Gasteiger partial charge in [-0.1, -0.05) is 38.1 Å². The van der Waals surface area contributed by atoms with E-state index in [0.717, 1.165) is 17.7 Å². The summed E-state index contributed by atoms with van der Waals surface area (Å²) in [6.07, 6.45) is 2.42. The fourth-order valence-corrected chi connectivity index (χ4v) is 2.47. The van der Waals surface area contributed by atoms with Crippen LogP contribution >= 0.6 is 0 Å². The number of rotatable bonds is 9. The molecule has 0 aliphatic carbocycles. The van der Waals surface area contributed by atoms with E-state index in [9.17, 15) is 0 Å². The summed E-state index contributed by atoms with van der Waals surface area (Å²) in [7, 11) is 1.57. The van der Waals surface area contributed by atoms with Crippen LogP contribution in [-0.4, -0.2) is 31.7 Å². The standard InChI is InChI=1S/C21H27NO4/c1-5-21(2,3)17-7-9-18(10-8-17)25-12-13-26-19-11-6-16(15-22-23)14-20(19)24-4/h6-11,14-15,23H,5,12-13H2,1-4H3. The Bertz CT molecular complexity index is 723. The van der Waals surface area contributed by atoms with Gasteiger partial charge in [0.2, 0.25) is 0 Å². The first-order chi connectivity index (χ1) is 12.5. The minimum absolute atomic E-state index is 0.172. The summed E-state index contributed by atoms with van der Waals surface area (Å²) in [6.45, 7) is 7.49. The largest absolute Gasteiger partial charge is 0.493 e. The molecule has 1 N–H and O–H groups in total. The summed E-state index contributed by atoms with van der Waals surface area (Å²) in [5.41, 5.74) is 2.20. The van der Waals surface area contributed by atoms with Gasteiger partial charge in [-0.05, 0) is 47.7 Å². The number of hydrogen-bond acceptors (Lipinski definition) is 5. The van der Waals surface area contributed by atoms with E-state index in [2.05, 4.69) is 38.1 Å². The van der Waals surface area contributed by atoms with Gasteiger partial charge in [0.15, 0.2) is 11.5 Å². The molecule has 0 aliphatic heterocycles. The molecule has 0 spiro atoms. The molecule has 2 aromatic rings. The smallest absolute Gasteiger partial charge is 0.161 e. The zero-order valence-electron chi connectivity index (χ0n) is 15.9. The highest BCUT2D eigenvalue weighted by molar-refractivity contribution is 5.80. The maximum Gasteiger partial charge on any atom is 0.161 e. The zero-order valence-corrected chi connectivity index (χ0v) is 15.9. The number of methoxy groups -OCH3 is 1. The van der Waals surface area contributed by atoms with Crippen molar-refractivity contribution in [3.63, 3.8) is 0 Å². The van der Waals surface area contributed by atoms with Gasteiger partial charge in [-0.25, -0.2) is 0 Å². The summed E-state index contributed by atoms with van der Waals surface area (Å²) in [5, 5.41) is 11.6. The average Bonchev–Trinajstić information content (AvgIpc) is 2.66. The summed E-state index contributed by atoms with van der Waals surface area (Å²) in [6, 6.07) is 13.5. The highest BCUT2D eigenvalue weighted by atomic mass is 16.5. The minimum Gasteiger partial charge on any atom is -0.493 e. The van der Waals surface area contributed by atoms with Gasteiger partial charge in [0, 0.05) is 5.56 Å². The monoisotopic (exact) mass is 357 g/mol. The summed E-state index contributed by atoms with van der Waals surface area (Å²) >= 11 is 0. The van der Waals surface area contributed by atoms with Crippen molar-refractivity contribution in [1.82, 2.24) is 0 Å². The van der Waals surface area contributed by atoms with Gasteiger partial charge >= 0.3 is 0 Å². The second kappa shape index (κ2) is 9.13. The van der Waals surface area contributed by atoms with Crippen LogP contribution in [0.25, 0.3) is 0 Å². The molecule has 0 amide bonds. The third-order valence-corrected chi connectivity index (χ3v) is 4.52. The van der Waals surface area contributed by atoms with Crippen LogP contribution in [0.4, 0.5) is 0 Å². The molecule has 0 heterocycles. The molecule has 0 unspecified atom stereocenters. The maximum absolute atomic E-state index is 8.59. The SMILES string of the molecule is CCC(C)(C)c1ccc(OCCOc2ccc(C=NO)cc2OC)cc1. The Morgan fingerprint density at radius 1 is 1.00 bits per heavy atom. The maximum atomic E-state index is 8.59. The second-order valence-corrected chi connectivity index (χ2v) is 6.61. The van der Waals surface area contributed by atoms with Crippen molar-refractivity contribution in [1.29, 1.82) is 0 Å². The Morgan fingerprint density at radius 2 is 1.69 bits per heavy atom. The Labute approximate surface area is 155 Å². The van der Waals surface area contributed by atoms with Gasteiger partial charge in [-0.3, -0.25) is 0 Å². The van der Waals surface area contributed by atoms with Crippen LogP contribution in [0.3, 0.4) is 0 Å². The number of ether oxygens (including phenoxy) is 3. The topological polar surface area (TPSA) is 60.3 Å². The van der Waals surface area contributed by atoms with Crippen LogP contribution in [-0.2, 0) is 5.41 Å². The van der Waals surface area contributed by atoms with Crippen molar-refractivity contribution in [2.45, 2.75) is 32.6 Å². The molecule has 26 heavy (non-hydrogen) atoms. The van der Waals surface area contributed by atoms with Crippen LogP contribution in [0.5, 0.6) is 17.2 Å². The Kier molecular flexibility index (Phi) is 6.89. The number of oxime groups is 1. The predicted molar refractivity (Wildman–Crippen MR) is 103 cm³/mol. The van der Waals surface area contributed by atoms with Crippen molar-refractivity contribution in [3.05, 3.63) is 53.6 Å². The van der Waals surface area contributed by atoms with E-state index in [1.54, 1.807) is 25.3 Å². The average molecular weight is 357 g/mol. The van der Waals surface area contributed by atoms with E-state index in [0.29, 0.717) is 24.7 Å². The molecule has 0 fully saturated rings. The molecule has 2 rings (SSSR count). The Morgan fingerprint density at radius 3 is 2.31 bits per heavy atom. The molecule has 2 aromatic carbocycles. The van der Waals surface area contributed by atoms with Crippen molar-refractivity contribution >= 4 is 6.21 Å². The first-order valence-corrected chi connectivity index (χ1v) is 8.71. The lowest BCUT2D eigenvalue weighted by molar-refractivity contribution is 0.211. The molecule has 0 aromatic heterocycles. The zero-order chi connectivity index (χ0) is 19.0. The molecule has 0 saturated heterocycles. The number of hydrogen-bond donors (Lipinski definition) is 1. The molecule has 5 heteroatoms. The van der Waals surface area contributed by atoms with Crippen LogP contribution in [0.2, 0.25) is 0 Å². The quantitative estimate of drug-likeness (QED) is 0.307. The van der Waals surface area contributed by atoms with E-state index in [-0.39, 0.29) is 5.41 Å². The first kappa shape index (κ1) is 19.6. The van der Waals surface area contributed by atoms with Gasteiger partial charge in [-0.2, -0.15) is 0 Å². The van der Waals surface area contributed by atoms with Crippen molar-refractivity contribution in [3.8, 4) is 17.2 Å². The number of benzene rings is 2. The van der Waals surface area contributed by atoms with Gasteiger partial charge in [-0.15, -0.1) is 0 Å². The normalized spacial score (nSPS) is 11.5. The lowest BCUT2D eigenvalue weighted by atomic mass is 9.82. The van der Waals surface area contributed by atoms with Gasteiger partial charge in [0.1, 0.15) is 19.0 Å². The first-order valence-electron chi connectivity index (χ1n) is 8.71. The second-order valence-electron chi connectivity index (χ2n) is 6.61. The van der Waals surface area contributed by atoms with E-state index in [4.69, 9.17) is 19.4 Å². The van der Waals surface area contributed by atoms with Crippen molar-refractivity contribution in [2.75, 3.05) is 20.3 Å². The van der Waals surface area contributed by atoms with E-state index >= 15 is 0 Å². The lowest BCUT2D eigenvalue weighted by Crippen LogP contribution is -2.15. The highest BCUT2D eigenvalue weighted by Gasteiger charge is 2.17. The van der Waals surface area contributed by atoms with Crippen LogP contribution in [0.1, 0.15) is 38.3 Å². The van der Waals surface area contributed by atoms with Crippen LogP contribution in [0.15, 0.2) is 47.6 Å². The molecule has 0 saturated carbocycles. The predicted octanol–water partition coefficient (Wildman–Crippen LogP) is 4.65. The summed E-state index contributed by atoms with van der Waals surface area (Å²) in [4.78, 5) is 0. The van der Waals surface area contributed by atoms with E-state index in [1.807, 2.05) is 12.1 Å². The van der Waals surface area contributed by atoms with Crippen molar-refractivity contribution < 1.29 is 19.4 Å². The molecule has 140 valence electrons. The highest BCUT2D eigenvalue weighted by Crippen LogP contribution is 2.29. The molecule has 0 aliphatic rings. The van der Waals surface area contributed by atoms with Crippen LogP contribution in [0, 0.1) is 0 Å². The van der Waals surface area contributed by atoms with E-state index in [1.165, 1.54) is 11.8 Å². The van der Waals surface area contributed by atoms with Gasteiger partial charge in [0.05, 0.1) is 13.3 Å². The molecule has 0 radical (unpaired) electrons. The summed E-state index contributed by atoms with van der Waals surface area (Å²) in [5.74, 6) is 2.02. The van der Waals surface area contributed by atoms with Gasteiger partial charge in [0.25, 0.3) is 0 Å². The minimum atomic E-state index is 0.172. The number of nitrogens with zero attached hydrogens (tertiary/aromatic N) is 1. The van der Waals surface area contributed by atoms with Crippen LogP contribution < -0.4 is 14.2 Å². The Hall–Kier alpha value is -2.69. The third kappa shape index (κ3) is 5.15. The van der Waals surface area contributed by atoms with Crippen molar-refractivity contribution in [2.24, 2.45) is 5.16 Å². The molecular formula is C21H27NO4. The third-order valence-electron chi connectivity index (χ3n) is 4.52. The molecule has 0 bridgehead atoms. The molecular weight excluding hydrogens is 330 g/mol. The van der Waals surface area contributed by atoms with E-state index < -0.39 is 0 Å². The fourth-order valence-electron chi connectivity index (χ4n) is 2.47.